The van der Waals surface area contributed by atoms with Gasteiger partial charge in [0.2, 0.25) is 0 Å². The second-order valence-corrected chi connectivity index (χ2v) is 3.99. The summed E-state index contributed by atoms with van der Waals surface area (Å²) >= 11 is 0. The summed E-state index contributed by atoms with van der Waals surface area (Å²) in [5.74, 6) is 1.32. The zero-order chi connectivity index (χ0) is 10.1. The first-order valence-electron chi connectivity index (χ1n) is 5.63. The van der Waals surface area contributed by atoms with Crippen molar-refractivity contribution in [2.75, 3.05) is 0 Å². The van der Waals surface area contributed by atoms with Crippen LogP contribution in [0.3, 0.4) is 0 Å². The maximum atomic E-state index is 5.85. The SMILES string of the molecule is [2HH].[2H][2H].[B][C@@H]1O[C@@]2(CC)CCC1[C@H]2C. The number of fused-ring (bicyclic) bond motifs is 2. The Morgan fingerprint density at radius 1 is 1.82 bits per heavy atom. The van der Waals surface area contributed by atoms with E-state index in [0.29, 0.717) is 11.8 Å². The summed E-state index contributed by atoms with van der Waals surface area (Å²) < 4.78 is 15.8. The van der Waals surface area contributed by atoms with Crippen LogP contribution in [0.1, 0.15) is 37.5 Å². The molecule has 64 valence electrons. The summed E-state index contributed by atoms with van der Waals surface area (Å²) in [6.45, 7) is 4.49. The van der Waals surface area contributed by atoms with E-state index in [2.05, 4.69) is 13.8 Å². The van der Waals surface area contributed by atoms with Gasteiger partial charge in [-0.25, -0.2) is 0 Å². The molecule has 0 aromatic rings. The van der Waals surface area contributed by atoms with Gasteiger partial charge in [-0.2, -0.15) is 0 Å². The molecule has 2 bridgehead atoms. The maximum absolute atomic E-state index is 5.85. The minimum atomic E-state index is 0. The lowest BCUT2D eigenvalue weighted by atomic mass is 9.81. The van der Waals surface area contributed by atoms with Crippen LogP contribution in [0, 0.1) is 11.8 Å². The molecule has 0 spiro atoms. The highest BCUT2D eigenvalue weighted by Crippen LogP contribution is 2.53. The molecule has 2 aliphatic rings. The number of hydrogen-bond donors (Lipinski definition) is 0. The van der Waals surface area contributed by atoms with E-state index >= 15 is 0 Å². The van der Waals surface area contributed by atoms with E-state index in [4.69, 9.17) is 15.6 Å². The first kappa shape index (κ1) is 6.53. The van der Waals surface area contributed by atoms with Crippen molar-refractivity contribution in [3.8, 4) is 0 Å². The van der Waals surface area contributed by atoms with Crippen LogP contribution in [0.15, 0.2) is 0 Å². The highest BCUT2D eigenvalue weighted by molar-refractivity contribution is 6.11. The number of ether oxygens (including phenoxy) is 1. The van der Waals surface area contributed by atoms with Crippen molar-refractivity contribution in [3.05, 3.63) is 0 Å². The number of hydrogen-bond acceptors (Lipinski definition) is 1. The molecule has 0 amide bonds. The summed E-state index contributed by atoms with van der Waals surface area (Å²) in [5.41, 5.74) is 0.157. The second kappa shape index (κ2) is 2.26. The Morgan fingerprint density at radius 3 is 2.82 bits per heavy atom. The second-order valence-electron chi connectivity index (χ2n) is 3.99. The summed E-state index contributed by atoms with van der Waals surface area (Å²) in [7, 11) is 5.85. The van der Waals surface area contributed by atoms with Gasteiger partial charge in [0.1, 0.15) is 7.85 Å². The highest BCUT2D eigenvalue weighted by atomic mass is 16.5. The van der Waals surface area contributed by atoms with E-state index in [1.54, 1.807) is 0 Å². The molecule has 1 unspecified atom stereocenters. The van der Waals surface area contributed by atoms with Crippen LogP contribution in [-0.4, -0.2) is 19.5 Å². The van der Waals surface area contributed by atoms with Crippen molar-refractivity contribution in [1.29, 1.82) is 0 Å². The molecule has 4 atom stereocenters. The van der Waals surface area contributed by atoms with Gasteiger partial charge >= 0.3 is 0 Å². The summed E-state index contributed by atoms with van der Waals surface area (Å²) in [6.07, 6.45) is 3.62. The molecule has 1 saturated heterocycles. The van der Waals surface area contributed by atoms with Crippen LogP contribution in [0.5, 0.6) is 0 Å². The Morgan fingerprint density at radius 2 is 2.55 bits per heavy atom. The fourth-order valence-corrected chi connectivity index (χ4v) is 2.83. The van der Waals surface area contributed by atoms with Gasteiger partial charge in [-0.1, -0.05) is 13.8 Å². The third kappa shape index (κ3) is 0.822. The van der Waals surface area contributed by atoms with E-state index < -0.39 is 0 Å². The molecule has 2 rings (SSSR count). The molecular weight excluding hydrogens is 135 g/mol. The quantitative estimate of drug-likeness (QED) is 0.530. The van der Waals surface area contributed by atoms with Crippen molar-refractivity contribution in [3.63, 3.8) is 0 Å². The van der Waals surface area contributed by atoms with Gasteiger partial charge in [0.05, 0.1) is 5.60 Å². The molecule has 1 heterocycles. The van der Waals surface area contributed by atoms with Crippen LogP contribution in [0.25, 0.3) is 0 Å². The van der Waals surface area contributed by atoms with Gasteiger partial charge in [-0.05, 0) is 31.1 Å². The van der Waals surface area contributed by atoms with E-state index in [-0.39, 0.29) is 13.0 Å². The average molecular weight is 157 g/mol. The lowest BCUT2D eigenvalue weighted by Gasteiger charge is -2.30. The van der Waals surface area contributed by atoms with Gasteiger partial charge in [-0.3, -0.25) is 0 Å². The predicted octanol–water partition coefficient (Wildman–Crippen LogP) is 2.20. The van der Waals surface area contributed by atoms with E-state index in [0.717, 1.165) is 6.42 Å². The van der Waals surface area contributed by atoms with Crippen LogP contribution in [0.4, 0.5) is 0 Å². The molecule has 1 aliphatic heterocycles. The summed E-state index contributed by atoms with van der Waals surface area (Å²) in [5, 5.41) is 0. The predicted molar refractivity (Wildman–Crippen MR) is 49.8 cm³/mol. The Bertz CT molecular complexity index is 181. The largest absolute Gasteiger partial charge is 0.381 e. The lowest BCUT2D eigenvalue weighted by Crippen LogP contribution is -2.32. The first-order chi connectivity index (χ1) is 6.19. The van der Waals surface area contributed by atoms with Crippen molar-refractivity contribution < 1.29 is 9.13 Å². The average Bonchev–Trinajstić information content (AvgIpc) is 2.60. The van der Waals surface area contributed by atoms with E-state index in [1.165, 1.54) is 12.8 Å². The topological polar surface area (TPSA) is 9.23 Å². The van der Waals surface area contributed by atoms with Crippen LogP contribution in [0.2, 0.25) is 0 Å². The van der Waals surface area contributed by atoms with E-state index in [9.17, 15) is 0 Å². The zero-order valence-electron chi connectivity index (χ0n) is 9.34. The Balaban J connectivity index is 0.000000531. The number of rotatable bonds is 1. The van der Waals surface area contributed by atoms with E-state index in [1.807, 2.05) is 0 Å². The highest BCUT2D eigenvalue weighted by Gasteiger charge is 2.54. The molecule has 1 nitrogen and oxygen atoms in total. The van der Waals surface area contributed by atoms with Crippen molar-refractivity contribution in [2.24, 2.45) is 11.8 Å². The summed E-state index contributed by atoms with van der Waals surface area (Å²) in [4.78, 5) is 0. The standard InChI is InChI=1S/C9H15BO.2H2/c1-3-9-5-4-7(6(9)2)8(10)11-9;;/h6-8H,3-5H2,1-2H3;2*1H/t6-,7?,8-,9+;;/m1../s1/i;1+1D;1+1. The third-order valence-electron chi connectivity index (χ3n) is 3.76. The Labute approximate surface area is 74.5 Å². The molecule has 11 heavy (non-hydrogen) atoms. The van der Waals surface area contributed by atoms with Crippen molar-refractivity contribution in [2.45, 2.75) is 44.7 Å². The molecule has 0 aromatic carbocycles. The molecule has 2 fully saturated rings. The van der Waals surface area contributed by atoms with Crippen molar-refractivity contribution >= 4 is 7.85 Å². The monoisotopic (exact) mass is 157 g/mol. The van der Waals surface area contributed by atoms with Gasteiger partial charge < -0.3 is 4.74 Å². The zero-order valence-corrected chi connectivity index (χ0v) is 7.34. The van der Waals surface area contributed by atoms with Crippen LogP contribution >= 0.6 is 0 Å². The van der Waals surface area contributed by atoms with Gasteiger partial charge in [-0.15, -0.1) is 0 Å². The smallest absolute Gasteiger partial charge is 0.109 e. The Kier molecular flexibility index (Phi) is 1.34. The molecule has 2 radical (unpaired) electrons. The van der Waals surface area contributed by atoms with Gasteiger partial charge in [0.25, 0.3) is 0 Å². The minimum Gasteiger partial charge on any atom is -0.381 e. The molecular formula is C9H19BO. The summed E-state index contributed by atoms with van der Waals surface area (Å²) in [6, 6.07) is 0.0266. The third-order valence-corrected chi connectivity index (χ3v) is 3.76. The van der Waals surface area contributed by atoms with Crippen LogP contribution in [-0.2, 0) is 4.74 Å². The molecule has 2 heteroatoms. The first-order valence-corrected chi connectivity index (χ1v) is 4.63. The normalized spacial score (nSPS) is 56.0. The molecule has 0 aromatic heterocycles. The lowest BCUT2D eigenvalue weighted by molar-refractivity contribution is -0.0489. The fraction of sp³-hybridized carbons (Fsp3) is 1.00. The fourth-order valence-electron chi connectivity index (χ4n) is 2.83. The molecule has 1 aliphatic carbocycles. The maximum Gasteiger partial charge on any atom is 0.109 e. The molecule has 1 saturated carbocycles. The van der Waals surface area contributed by atoms with Crippen LogP contribution < -0.4 is 0 Å². The minimum absolute atomic E-state index is 0. The van der Waals surface area contributed by atoms with Crippen molar-refractivity contribution in [1.82, 2.24) is 0 Å². The van der Waals surface area contributed by atoms with Gasteiger partial charge in [0, 0.05) is 10.4 Å². The molecule has 0 N–H and O–H groups in total. The Hall–Kier alpha value is 0.0249. The van der Waals surface area contributed by atoms with Gasteiger partial charge in [0.15, 0.2) is 0 Å².